The van der Waals surface area contributed by atoms with E-state index in [0.717, 1.165) is 9.87 Å². The second-order valence-corrected chi connectivity index (χ2v) is 13.0. The third-order valence-corrected chi connectivity index (χ3v) is 9.51. The molecule has 0 bridgehead atoms. The van der Waals surface area contributed by atoms with Crippen molar-refractivity contribution >= 4 is 39.1 Å². The molecule has 0 fully saturated rings. The van der Waals surface area contributed by atoms with Crippen molar-refractivity contribution in [3.8, 4) is 5.75 Å². The Hall–Kier alpha value is -4.34. The molecule has 0 radical (unpaired) electrons. The molecule has 8 nitrogen and oxygen atoms in total. The number of amides is 2. The Balaban J connectivity index is 1.79. The predicted octanol–water partition coefficient (Wildman–Crippen LogP) is 6.10. The number of hydrogen-bond donors (Lipinski definition) is 1. The first kappa shape index (κ1) is 33.6. The normalized spacial score (nSPS) is 12.5. The molecule has 0 saturated carbocycles. The highest BCUT2D eigenvalue weighted by Gasteiger charge is 2.35. The number of nitrogens with one attached hydrogen (secondary N) is 1. The standard InChI is InChI=1S/C35H38ClN3O5S/c1-4-26(2)37-35(41)33(23-27-12-7-5-8-13-27)38(24-28-14-11-15-29(36)22-28)34(40)25-39(30-16-9-6-10-17-30)45(42,43)32-20-18-31(44-3)19-21-32/h5-22,26,33H,4,23-25H2,1-3H3,(H,37,41)/t26-,33+/m1/s1. The van der Waals surface area contributed by atoms with E-state index >= 15 is 0 Å². The van der Waals surface area contributed by atoms with Crippen molar-refractivity contribution in [3.05, 3.63) is 125 Å². The lowest BCUT2D eigenvalue weighted by Crippen LogP contribution is -2.54. The molecule has 4 aromatic carbocycles. The fourth-order valence-electron chi connectivity index (χ4n) is 4.82. The minimum absolute atomic E-state index is 0.00306. The quantitative estimate of drug-likeness (QED) is 0.179. The molecule has 0 aromatic heterocycles. The number of sulfonamides is 1. The Morgan fingerprint density at radius 3 is 2.09 bits per heavy atom. The maximum Gasteiger partial charge on any atom is 0.264 e. The Labute approximate surface area is 270 Å². The van der Waals surface area contributed by atoms with Gasteiger partial charge in [0, 0.05) is 24.0 Å². The van der Waals surface area contributed by atoms with Crippen molar-refractivity contribution in [1.29, 1.82) is 0 Å². The predicted molar refractivity (Wildman–Crippen MR) is 178 cm³/mol. The Bertz CT molecular complexity index is 1670. The number of nitrogens with zero attached hydrogens (tertiary/aromatic N) is 2. The van der Waals surface area contributed by atoms with Gasteiger partial charge in [-0.25, -0.2) is 8.42 Å². The van der Waals surface area contributed by atoms with Gasteiger partial charge in [0.25, 0.3) is 10.0 Å². The fraction of sp³-hybridized carbons (Fsp3) is 0.257. The van der Waals surface area contributed by atoms with Crippen molar-refractivity contribution in [2.45, 2.75) is 50.2 Å². The van der Waals surface area contributed by atoms with Crippen LogP contribution >= 0.6 is 11.6 Å². The van der Waals surface area contributed by atoms with E-state index in [0.29, 0.717) is 28.4 Å². The van der Waals surface area contributed by atoms with Crippen molar-refractivity contribution in [3.63, 3.8) is 0 Å². The van der Waals surface area contributed by atoms with Gasteiger partial charge in [0.2, 0.25) is 11.8 Å². The molecule has 2 atom stereocenters. The summed E-state index contributed by atoms with van der Waals surface area (Å²) in [7, 11) is -2.71. The van der Waals surface area contributed by atoms with Crippen LogP contribution in [0.4, 0.5) is 5.69 Å². The molecule has 0 aliphatic carbocycles. The number of ether oxygens (including phenoxy) is 1. The molecule has 0 aliphatic heterocycles. The second kappa shape index (κ2) is 15.6. The molecule has 10 heteroatoms. The van der Waals surface area contributed by atoms with Gasteiger partial charge in [0.15, 0.2) is 0 Å². The average Bonchev–Trinajstić information content (AvgIpc) is 3.05. The molecule has 0 heterocycles. The van der Waals surface area contributed by atoms with Gasteiger partial charge < -0.3 is 15.0 Å². The lowest BCUT2D eigenvalue weighted by molar-refractivity contribution is -0.140. The average molecular weight is 648 g/mol. The minimum Gasteiger partial charge on any atom is -0.497 e. The van der Waals surface area contributed by atoms with Gasteiger partial charge in [-0.15, -0.1) is 0 Å². The molecule has 0 saturated heterocycles. The van der Waals surface area contributed by atoms with Crippen LogP contribution in [0.2, 0.25) is 5.02 Å². The number of carbonyl (C=O) groups is 2. The van der Waals surface area contributed by atoms with Crippen molar-refractivity contribution in [1.82, 2.24) is 10.2 Å². The number of benzene rings is 4. The summed E-state index contributed by atoms with van der Waals surface area (Å²) >= 11 is 6.30. The molecular weight excluding hydrogens is 610 g/mol. The van der Waals surface area contributed by atoms with Gasteiger partial charge >= 0.3 is 0 Å². The highest BCUT2D eigenvalue weighted by atomic mass is 35.5. The number of methoxy groups -OCH3 is 1. The lowest BCUT2D eigenvalue weighted by Gasteiger charge is -2.34. The maximum atomic E-state index is 14.5. The zero-order valence-electron chi connectivity index (χ0n) is 25.6. The summed E-state index contributed by atoms with van der Waals surface area (Å²) < 4.78 is 34.5. The SMILES string of the molecule is CC[C@@H](C)NC(=O)[C@H](Cc1ccccc1)N(Cc1cccc(Cl)c1)C(=O)CN(c1ccccc1)S(=O)(=O)c1ccc(OC)cc1. The number of hydrogen-bond acceptors (Lipinski definition) is 5. The number of rotatable bonds is 14. The van der Waals surface area contributed by atoms with E-state index in [1.807, 2.05) is 50.2 Å². The maximum absolute atomic E-state index is 14.5. The van der Waals surface area contributed by atoms with Gasteiger partial charge in [0.1, 0.15) is 18.3 Å². The van der Waals surface area contributed by atoms with E-state index in [1.54, 1.807) is 60.7 Å². The van der Waals surface area contributed by atoms with Gasteiger partial charge in [-0.1, -0.05) is 79.2 Å². The third kappa shape index (κ3) is 8.86. The summed E-state index contributed by atoms with van der Waals surface area (Å²) in [5.41, 5.74) is 1.87. The van der Waals surface area contributed by atoms with Crippen LogP contribution in [0.5, 0.6) is 5.75 Å². The summed E-state index contributed by atoms with van der Waals surface area (Å²) in [5, 5.41) is 3.51. The molecular formula is C35H38ClN3O5S. The third-order valence-electron chi connectivity index (χ3n) is 7.48. The van der Waals surface area contributed by atoms with Crippen LogP contribution < -0.4 is 14.4 Å². The van der Waals surface area contributed by atoms with Gasteiger partial charge in [-0.3, -0.25) is 13.9 Å². The zero-order chi connectivity index (χ0) is 32.4. The summed E-state index contributed by atoms with van der Waals surface area (Å²) in [6.07, 6.45) is 0.930. The molecule has 236 valence electrons. The molecule has 0 aliphatic rings. The highest BCUT2D eigenvalue weighted by molar-refractivity contribution is 7.92. The van der Waals surface area contributed by atoms with Crippen LogP contribution in [-0.2, 0) is 32.6 Å². The lowest BCUT2D eigenvalue weighted by atomic mass is 10.0. The first-order valence-electron chi connectivity index (χ1n) is 14.7. The first-order valence-corrected chi connectivity index (χ1v) is 16.5. The summed E-state index contributed by atoms with van der Waals surface area (Å²) in [6.45, 7) is 3.36. The Kier molecular flexibility index (Phi) is 11.6. The monoisotopic (exact) mass is 647 g/mol. The Morgan fingerprint density at radius 1 is 0.867 bits per heavy atom. The van der Waals surface area contributed by atoms with E-state index in [4.69, 9.17) is 16.3 Å². The molecule has 1 N–H and O–H groups in total. The van der Waals surface area contributed by atoms with Crippen LogP contribution in [0, 0.1) is 0 Å². The van der Waals surface area contributed by atoms with Crippen molar-refractivity contribution in [2.75, 3.05) is 18.0 Å². The highest BCUT2D eigenvalue weighted by Crippen LogP contribution is 2.26. The van der Waals surface area contributed by atoms with E-state index in [1.165, 1.54) is 24.1 Å². The van der Waals surface area contributed by atoms with Crippen LogP contribution in [0.3, 0.4) is 0 Å². The summed E-state index contributed by atoms with van der Waals surface area (Å²) in [6, 6.07) is 29.9. The molecule has 4 aromatic rings. The zero-order valence-corrected chi connectivity index (χ0v) is 27.2. The van der Waals surface area contributed by atoms with Crippen LogP contribution in [-0.4, -0.2) is 50.9 Å². The smallest absolute Gasteiger partial charge is 0.264 e. The first-order chi connectivity index (χ1) is 21.6. The largest absolute Gasteiger partial charge is 0.497 e. The van der Waals surface area contributed by atoms with Crippen LogP contribution in [0.25, 0.3) is 0 Å². The molecule has 0 unspecified atom stereocenters. The molecule has 0 spiro atoms. The van der Waals surface area contributed by atoms with Gasteiger partial charge in [0.05, 0.1) is 17.7 Å². The van der Waals surface area contributed by atoms with E-state index < -0.39 is 28.5 Å². The number of para-hydroxylation sites is 1. The molecule has 4 rings (SSSR count). The number of carbonyl (C=O) groups excluding carboxylic acids is 2. The van der Waals surface area contributed by atoms with E-state index in [2.05, 4.69) is 5.32 Å². The number of halogens is 1. The van der Waals surface area contributed by atoms with Crippen molar-refractivity contribution in [2.24, 2.45) is 0 Å². The second-order valence-electron chi connectivity index (χ2n) is 10.7. The molecule has 45 heavy (non-hydrogen) atoms. The van der Waals surface area contributed by atoms with Crippen LogP contribution in [0.1, 0.15) is 31.4 Å². The number of anilines is 1. The van der Waals surface area contributed by atoms with E-state index in [-0.39, 0.29) is 29.8 Å². The van der Waals surface area contributed by atoms with Crippen LogP contribution in [0.15, 0.2) is 114 Å². The van der Waals surface area contributed by atoms with Gasteiger partial charge in [-0.2, -0.15) is 0 Å². The minimum atomic E-state index is -4.21. The summed E-state index contributed by atoms with van der Waals surface area (Å²) in [5.74, 6) is -0.371. The topological polar surface area (TPSA) is 96.0 Å². The van der Waals surface area contributed by atoms with Gasteiger partial charge in [-0.05, 0) is 73.0 Å². The fourth-order valence-corrected chi connectivity index (χ4v) is 6.45. The summed E-state index contributed by atoms with van der Waals surface area (Å²) in [4.78, 5) is 29.8. The van der Waals surface area contributed by atoms with E-state index in [9.17, 15) is 18.0 Å². The van der Waals surface area contributed by atoms with Crippen molar-refractivity contribution < 1.29 is 22.7 Å². The Morgan fingerprint density at radius 2 is 1.49 bits per heavy atom. The molecule has 2 amide bonds.